The highest BCUT2D eigenvalue weighted by molar-refractivity contribution is 7.20. The molecule has 0 atom stereocenters. The Hall–Kier alpha value is -0.315. The molecule has 2 N–H and O–H groups in total. The van der Waals surface area contributed by atoms with Crippen LogP contribution in [0.4, 0.5) is 0 Å². The second-order valence-electron chi connectivity index (χ2n) is 4.82. The van der Waals surface area contributed by atoms with Crippen molar-refractivity contribution in [2.45, 2.75) is 45.8 Å². The van der Waals surface area contributed by atoms with E-state index in [4.69, 9.17) is 9.76 Å². The van der Waals surface area contributed by atoms with Gasteiger partial charge in [0.1, 0.15) is 5.60 Å². The third-order valence-electron chi connectivity index (χ3n) is 2.74. The zero-order valence-electron chi connectivity index (χ0n) is 10.0. The van der Waals surface area contributed by atoms with Gasteiger partial charge in [-0.25, -0.2) is 0 Å². The Kier molecular flexibility index (Phi) is 3.64. The van der Waals surface area contributed by atoms with Gasteiger partial charge in [-0.15, -0.1) is 0 Å². The van der Waals surface area contributed by atoms with Crippen molar-refractivity contribution >= 4 is 23.6 Å². The lowest BCUT2D eigenvalue weighted by molar-refractivity contribution is -0.0892. The minimum Gasteiger partial charge on any atom is -0.439 e. The molecule has 0 saturated heterocycles. The summed E-state index contributed by atoms with van der Waals surface area (Å²) >= 11 is 1.70. The lowest BCUT2D eigenvalue weighted by atomic mass is 9.86. The van der Waals surface area contributed by atoms with Gasteiger partial charge in [-0.05, 0) is 31.6 Å². The van der Waals surface area contributed by atoms with Crippen LogP contribution in [-0.4, -0.2) is 23.8 Å². The summed E-state index contributed by atoms with van der Waals surface area (Å²) in [6.07, 6.45) is 0. The van der Waals surface area contributed by atoms with Crippen molar-refractivity contribution < 1.29 is 9.76 Å². The molecule has 0 fully saturated rings. The quantitative estimate of drug-likeness (QED) is 0.566. The molecule has 0 spiro atoms. The molecule has 4 heteroatoms. The minimum absolute atomic E-state index is 0.481. The highest BCUT2D eigenvalue weighted by Crippen LogP contribution is 2.24. The lowest BCUT2D eigenvalue weighted by Gasteiger charge is -2.33. The molecule has 1 heterocycles. The first-order valence-corrected chi connectivity index (χ1v) is 5.86. The van der Waals surface area contributed by atoms with Crippen LogP contribution in [-0.2, 0) is 4.65 Å². The van der Waals surface area contributed by atoms with E-state index in [2.05, 4.69) is 13.0 Å². The van der Waals surface area contributed by atoms with Crippen molar-refractivity contribution in [3.63, 3.8) is 0 Å². The predicted molar refractivity (Wildman–Crippen MR) is 67.3 cm³/mol. The third-order valence-corrected chi connectivity index (χ3v) is 3.66. The van der Waals surface area contributed by atoms with Crippen LogP contribution >= 0.6 is 11.3 Å². The van der Waals surface area contributed by atoms with Crippen LogP contribution in [0.15, 0.2) is 12.1 Å². The molecule has 0 unspecified atom stereocenters. The van der Waals surface area contributed by atoms with E-state index in [-0.39, 0.29) is 0 Å². The molecule has 83 valence electrons. The van der Waals surface area contributed by atoms with Crippen molar-refractivity contribution in [1.29, 1.82) is 0 Å². The van der Waals surface area contributed by atoms with Gasteiger partial charge in [0.15, 0.2) is 5.60 Å². The van der Waals surface area contributed by atoms with Crippen molar-refractivity contribution in [3.05, 3.63) is 17.0 Å². The van der Waals surface area contributed by atoms with Gasteiger partial charge in [0, 0.05) is 18.7 Å². The summed E-state index contributed by atoms with van der Waals surface area (Å²) in [6.45, 7) is 9.68. The molecular formula is C11H19BO2S+. The zero-order valence-corrected chi connectivity index (χ0v) is 10.9. The first-order valence-electron chi connectivity index (χ1n) is 5.05. The molecule has 1 radical (unpaired) electrons. The second kappa shape index (κ2) is 4.28. The lowest BCUT2D eigenvalue weighted by Crippen LogP contribution is -2.49. The molecule has 1 aromatic rings. The molecule has 0 aliphatic heterocycles. The first-order chi connectivity index (χ1) is 6.72. The highest BCUT2D eigenvalue weighted by Gasteiger charge is 2.40. The first kappa shape index (κ1) is 12.8. The fourth-order valence-electron chi connectivity index (χ4n) is 0.869. The molecule has 1 aromatic heterocycles. The van der Waals surface area contributed by atoms with Gasteiger partial charge in [-0.1, -0.05) is 6.07 Å². The van der Waals surface area contributed by atoms with Crippen molar-refractivity contribution in [2.24, 2.45) is 0 Å². The molecule has 0 bridgehead atoms. The van der Waals surface area contributed by atoms with E-state index in [1.807, 2.05) is 33.8 Å². The van der Waals surface area contributed by atoms with Crippen LogP contribution in [0.1, 0.15) is 32.6 Å². The Bertz CT molecular complexity index is 326. The molecule has 1 rings (SSSR count). The van der Waals surface area contributed by atoms with E-state index in [1.165, 1.54) is 4.88 Å². The Morgan fingerprint density at radius 2 is 1.87 bits per heavy atom. The van der Waals surface area contributed by atoms with E-state index in [1.54, 1.807) is 18.8 Å². The summed E-state index contributed by atoms with van der Waals surface area (Å²) in [6, 6.07) is 4.10. The van der Waals surface area contributed by atoms with Crippen LogP contribution in [0, 0.1) is 6.92 Å². The summed E-state index contributed by atoms with van der Waals surface area (Å²) in [5, 5.41) is 7.96. The smallest absolute Gasteiger partial charge is 0.341 e. The number of hydrogen-bond donors (Lipinski definition) is 0. The molecule has 0 aliphatic carbocycles. The summed E-state index contributed by atoms with van der Waals surface area (Å²) in [7, 11) is 1.76. The van der Waals surface area contributed by atoms with E-state index < -0.39 is 11.2 Å². The summed E-state index contributed by atoms with van der Waals surface area (Å²) < 4.78 is 6.79. The average molecular weight is 226 g/mol. The molecular weight excluding hydrogens is 207 g/mol. The summed E-state index contributed by atoms with van der Waals surface area (Å²) in [5.74, 6) is 0. The topological polar surface area (TPSA) is 32.1 Å². The number of aryl methyl sites for hydroxylation is 1. The molecule has 0 saturated carbocycles. The molecule has 0 aromatic carbocycles. The molecule has 2 nitrogen and oxygen atoms in total. The van der Waals surface area contributed by atoms with Crippen molar-refractivity contribution in [1.82, 2.24) is 0 Å². The van der Waals surface area contributed by atoms with E-state index in [9.17, 15) is 0 Å². The minimum atomic E-state index is -0.615. The van der Waals surface area contributed by atoms with E-state index in [0.717, 1.165) is 4.78 Å². The molecule has 0 amide bonds. The number of thiophene rings is 1. The van der Waals surface area contributed by atoms with E-state index in [0.29, 0.717) is 0 Å². The Labute approximate surface area is 96.6 Å². The monoisotopic (exact) mass is 226 g/mol. The van der Waals surface area contributed by atoms with Crippen molar-refractivity contribution in [3.8, 4) is 0 Å². The summed E-state index contributed by atoms with van der Waals surface area (Å²) in [4.78, 5) is 1.27. The third kappa shape index (κ3) is 3.33. The second-order valence-corrected chi connectivity index (χ2v) is 6.14. The van der Waals surface area contributed by atoms with Crippen LogP contribution < -0.4 is 4.78 Å². The fourth-order valence-corrected chi connectivity index (χ4v) is 1.61. The predicted octanol–water partition coefficient (Wildman–Crippen LogP) is 1.60. The van der Waals surface area contributed by atoms with Crippen LogP contribution in [0.2, 0.25) is 0 Å². The van der Waals surface area contributed by atoms with Gasteiger partial charge in [-0.2, -0.15) is 11.3 Å². The SMILES string of the molecule is Cc1ccc([B]OC(C)(C)C(C)(C)[OH2+])s1. The largest absolute Gasteiger partial charge is 0.439 e. The van der Waals surface area contributed by atoms with E-state index >= 15 is 0 Å². The Balaban J connectivity index is 2.57. The van der Waals surface area contributed by atoms with Crippen LogP contribution in [0.3, 0.4) is 0 Å². The normalized spacial score (nSPS) is 12.9. The molecule has 0 aliphatic rings. The highest BCUT2D eigenvalue weighted by atomic mass is 32.1. The maximum Gasteiger partial charge on any atom is 0.341 e. The number of hydrogen-bond acceptors (Lipinski definition) is 2. The fraction of sp³-hybridized carbons (Fsp3) is 0.636. The zero-order chi connectivity index (χ0) is 11.7. The molecule has 15 heavy (non-hydrogen) atoms. The average Bonchev–Trinajstić information content (AvgIpc) is 2.46. The van der Waals surface area contributed by atoms with Crippen molar-refractivity contribution in [2.75, 3.05) is 0 Å². The van der Waals surface area contributed by atoms with Crippen LogP contribution in [0.5, 0.6) is 0 Å². The van der Waals surface area contributed by atoms with Gasteiger partial charge < -0.3 is 9.76 Å². The maximum absolute atomic E-state index is 7.96. The van der Waals surface area contributed by atoms with Gasteiger partial charge in [0.2, 0.25) is 0 Å². The summed E-state index contributed by atoms with van der Waals surface area (Å²) in [5.41, 5.74) is -1.10. The maximum atomic E-state index is 7.96. The Morgan fingerprint density at radius 1 is 1.27 bits per heavy atom. The van der Waals surface area contributed by atoms with Gasteiger partial charge in [0.25, 0.3) is 0 Å². The van der Waals surface area contributed by atoms with Gasteiger partial charge in [0.05, 0.1) is 0 Å². The standard InChI is InChI=1S/C11H18BO2S/c1-8-6-7-9(15-8)12-14-11(4,5)10(2,3)13/h6-7,13H,1-5H3/p+1. The Morgan fingerprint density at radius 3 is 2.27 bits per heavy atom. The van der Waals surface area contributed by atoms with Crippen LogP contribution in [0.25, 0.3) is 0 Å². The van der Waals surface area contributed by atoms with Gasteiger partial charge in [-0.3, -0.25) is 0 Å². The van der Waals surface area contributed by atoms with Gasteiger partial charge >= 0.3 is 7.48 Å². The number of rotatable bonds is 4.